The Balaban J connectivity index is 2.29. The van der Waals surface area contributed by atoms with Gasteiger partial charge in [0.1, 0.15) is 5.75 Å². The standard InChI is InChI=1S/C16H16ClF2NO/c1-9-5-12(3-4-13(9)17)21-16-14(18)7-11(6-10(2)20)8-15(16)19/h3-5,7-8,10H,6,20H2,1-2H3. The molecule has 2 aromatic carbocycles. The molecule has 0 saturated heterocycles. The number of nitrogens with two attached hydrogens (primary N) is 1. The Labute approximate surface area is 127 Å². The molecule has 0 radical (unpaired) electrons. The van der Waals surface area contributed by atoms with Crippen LogP contribution in [0.5, 0.6) is 11.5 Å². The normalized spacial score (nSPS) is 12.3. The largest absolute Gasteiger partial charge is 0.451 e. The van der Waals surface area contributed by atoms with E-state index in [4.69, 9.17) is 22.1 Å². The van der Waals surface area contributed by atoms with E-state index in [0.29, 0.717) is 22.8 Å². The highest BCUT2D eigenvalue weighted by Crippen LogP contribution is 2.30. The molecule has 0 fully saturated rings. The molecule has 2 N–H and O–H groups in total. The first-order valence-electron chi connectivity index (χ1n) is 6.54. The molecule has 0 aromatic heterocycles. The Hall–Kier alpha value is -1.65. The van der Waals surface area contributed by atoms with Crippen molar-refractivity contribution < 1.29 is 13.5 Å². The highest BCUT2D eigenvalue weighted by Gasteiger charge is 2.14. The molecule has 1 unspecified atom stereocenters. The molecule has 0 heterocycles. The van der Waals surface area contributed by atoms with Crippen LogP contribution in [0.4, 0.5) is 8.78 Å². The van der Waals surface area contributed by atoms with E-state index in [1.807, 2.05) is 0 Å². The summed E-state index contributed by atoms with van der Waals surface area (Å²) in [6.07, 6.45) is 0.397. The Bertz CT molecular complexity index is 636. The summed E-state index contributed by atoms with van der Waals surface area (Å²) in [5, 5.41) is 0.565. The average molecular weight is 312 g/mol. The van der Waals surface area contributed by atoms with Gasteiger partial charge in [0.2, 0.25) is 0 Å². The van der Waals surface area contributed by atoms with Crippen LogP contribution in [0.25, 0.3) is 0 Å². The molecule has 0 aliphatic rings. The topological polar surface area (TPSA) is 35.2 Å². The van der Waals surface area contributed by atoms with Crippen molar-refractivity contribution in [1.82, 2.24) is 0 Å². The Morgan fingerprint density at radius 3 is 2.33 bits per heavy atom. The van der Waals surface area contributed by atoms with Crippen molar-refractivity contribution in [1.29, 1.82) is 0 Å². The van der Waals surface area contributed by atoms with Crippen LogP contribution < -0.4 is 10.5 Å². The smallest absolute Gasteiger partial charge is 0.198 e. The van der Waals surface area contributed by atoms with Crippen molar-refractivity contribution in [3.63, 3.8) is 0 Å². The summed E-state index contributed by atoms with van der Waals surface area (Å²) in [6.45, 7) is 3.56. The molecule has 1 atom stereocenters. The average Bonchev–Trinajstić information content (AvgIpc) is 2.37. The lowest BCUT2D eigenvalue weighted by Crippen LogP contribution is -2.18. The molecule has 0 aliphatic heterocycles. The Kier molecular flexibility index (Phi) is 4.80. The van der Waals surface area contributed by atoms with Crippen molar-refractivity contribution in [2.45, 2.75) is 26.3 Å². The summed E-state index contributed by atoms with van der Waals surface area (Å²) in [5.74, 6) is -1.60. The van der Waals surface area contributed by atoms with E-state index in [9.17, 15) is 8.78 Å². The summed E-state index contributed by atoms with van der Waals surface area (Å²) in [6, 6.07) is 7.11. The van der Waals surface area contributed by atoms with Crippen LogP contribution in [0.3, 0.4) is 0 Å². The minimum atomic E-state index is -0.752. The van der Waals surface area contributed by atoms with Crippen LogP contribution in [0.15, 0.2) is 30.3 Å². The van der Waals surface area contributed by atoms with Gasteiger partial charge in [-0.2, -0.15) is 0 Å². The minimum Gasteiger partial charge on any atom is -0.451 e. The van der Waals surface area contributed by atoms with Gasteiger partial charge in [0, 0.05) is 11.1 Å². The summed E-state index contributed by atoms with van der Waals surface area (Å²) in [4.78, 5) is 0. The van der Waals surface area contributed by atoms with Crippen molar-refractivity contribution in [3.05, 3.63) is 58.1 Å². The molecular weight excluding hydrogens is 296 g/mol. The second-order valence-corrected chi connectivity index (χ2v) is 5.49. The van der Waals surface area contributed by atoms with E-state index in [1.165, 1.54) is 12.1 Å². The van der Waals surface area contributed by atoms with Gasteiger partial charge in [0.05, 0.1) is 0 Å². The molecule has 0 aliphatic carbocycles. The van der Waals surface area contributed by atoms with Gasteiger partial charge in [-0.05, 0) is 61.7 Å². The van der Waals surface area contributed by atoms with Crippen LogP contribution in [0, 0.1) is 18.6 Å². The van der Waals surface area contributed by atoms with Crippen molar-refractivity contribution in [2.75, 3.05) is 0 Å². The zero-order valence-corrected chi connectivity index (χ0v) is 12.5. The first-order valence-corrected chi connectivity index (χ1v) is 6.92. The molecule has 112 valence electrons. The van der Waals surface area contributed by atoms with Gasteiger partial charge in [0.25, 0.3) is 0 Å². The monoisotopic (exact) mass is 311 g/mol. The van der Waals surface area contributed by atoms with Gasteiger partial charge < -0.3 is 10.5 Å². The quantitative estimate of drug-likeness (QED) is 0.895. The van der Waals surface area contributed by atoms with Crippen molar-refractivity contribution >= 4 is 11.6 Å². The van der Waals surface area contributed by atoms with Gasteiger partial charge in [-0.15, -0.1) is 0 Å². The molecule has 2 rings (SSSR count). The maximum absolute atomic E-state index is 14.0. The summed E-state index contributed by atoms with van der Waals surface area (Å²) in [7, 11) is 0. The van der Waals surface area contributed by atoms with E-state index in [-0.39, 0.29) is 6.04 Å². The van der Waals surface area contributed by atoms with E-state index >= 15 is 0 Å². The molecule has 5 heteroatoms. The highest BCUT2D eigenvalue weighted by atomic mass is 35.5. The maximum atomic E-state index is 14.0. The van der Waals surface area contributed by atoms with Crippen molar-refractivity contribution in [2.24, 2.45) is 5.73 Å². The molecule has 2 aromatic rings. The van der Waals surface area contributed by atoms with Crippen LogP contribution in [0.2, 0.25) is 5.02 Å². The summed E-state index contributed by atoms with van der Waals surface area (Å²) >= 11 is 5.90. The predicted octanol–water partition coefficient (Wildman–Crippen LogP) is 4.61. The third-order valence-electron chi connectivity index (χ3n) is 2.97. The molecule has 21 heavy (non-hydrogen) atoms. The zero-order valence-electron chi connectivity index (χ0n) is 11.8. The molecule has 0 bridgehead atoms. The van der Waals surface area contributed by atoms with Crippen LogP contribution in [-0.4, -0.2) is 6.04 Å². The van der Waals surface area contributed by atoms with Gasteiger partial charge in [0.15, 0.2) is 17.4 Å². The highest BCUT2D eigenvalue weighted by molar-refractivity contribution is 6.31. The minimum absolute atomic E-state index is 0.172. The molecule has 0 amide bonds. The number of rotatable bonds is 4. The maximum Gasteiger partial charge on any atom is 0.198 e. The third-order valence-corrected chi connectivity index (χ3v) is 3.39. The SMILES string of the molecule is Cc1cc(Oc2c(F)cc(CC(C)N)cc2F)ccc1Cl. The van der Waals surface area contributed by atoms with Crippen LogP contribution >= 0.6 is 11.6 Å². The second-order valence-electron chi connectivity index (χ2n) is 5.08. The van der Waals surface area contributed by atoms with Gasteiger partial charge in [-0.3, -0.25) is 0 Å². The second kappa shape index (κ2) is 6.41. The molecular formula is C16H16ClF2NO. The zero-order chi connectivity index (χ0) is 15.6. The van der Waals surface area contributed by atoms with E-state index in [0.717, 1.165) is 5.56 Å². The van der Waals surface area contributed by atoms with Gasteiger partial charge in [-0.1, -0.05) is 11.6 Å². The van der Waals surface area contributed by atoms with E-state index in [1.54, 1.807) is 32.0 Å². The lowest BCUT2D eigenvalue weighted by molar-refractivity contribution is 0.406. The lowest BCUT2D eigenvalue weighted by Gasteiger charge is -2.11. The number of aryl methyl sites for hydroxylation is 1. The predicted molar refractivity (Wildman–Crippen MR) is 80.0 cm³/mol. The number of hydrogen-bond donors (Lipinski definition) is 1. The summed E-state index contributed by atoms with van der Waals surface area (Å²) < 4.78 is 33.3. The number of hydrogen-bond acceptors (Lipinski definition) is 2. The van der Waals surface area contributed by atoms with Gasteiger partial charge >= 0.3 is 0 Å². The van der Waals surface area contributed by atoms with E-state index in [2.05, 4.69) is 0 Å². The van der Waals surface area contributed by atoms with Crippen LogP contribution in [-0.2, 0) is 6.42 Å². The lowest BCUT2D eigenvalue weighted by atomic mass is 10.1. The summed E-state index contributed by atoms with van der Waals surface area (Å²) in [5.41, 5.74) is 6.90. The van der Waals surface area contributed by atoms with Crippen LogP contribution in [0.1, 0.15) is 18.1 Å². The first kappa shape index (κ1) is 15.7. The fourth-order valence-electron chi connectivity index (χ4n) is 2.00. The third kappa shape index (κ3) is 3.93. The van der Waals surface area contributed by atoms with Gasteiger partial charge in [-0.25, -0.2) is 8.78 Å². The Morgan fingerprint density at radius 1 is 1.19 bits per heavy atom. The molecule has 0 spiro atoms. The van der Waals surface area contributed by atoms with Crippen molar-refractivity contribution in [3.8, 4) is 11.5 Å². The first-order chi connectivity index (χ1) is 9.86. The molecule has 2 nitrogen and oxygen atoms in total. The Morgan fingerprint density at radius 2 is 1.81 bits per heavy atom. The fourth-order valence-corrected chi connectivity index (χ4v) is 2.12. The molecule has 0 saturated carbocycles. The fraction of sp³-hybridized carbons (Fsp3) is 0.250. The van der Waals surface area contributed by atoms with E-state index < -0.39 is 17.4 Å². The number of halogens is 3. The number of ether oxygens (including phenoxy) is 1. The number of benzene rings is 2.